The van der Waals surface area contributed by atoms with Gasteiger partial charge in [-0.2, -0.15) is 9.40 Å². The molecule has 0 spiro atoms. The number of nitrogens with zero attached hydrogens (tertiary/aromatic N) is 4. The summed E-state index contributed by atoms with van der Waals surface area (Å²) in [5, 5.41) is 7.20. The van der Waals surface area contributed by atoms with Gasteiger partial charge in [-0.05, 0) is 31.5 Å². The average molecular weight is 416 g/mol. The smallest absolute Gasteiger partial charge is 0.254 e. The summed E-state index contributed by atoms with van der Waals surface area (Å²) in [5.41, 5.74) is 3.49. The summed E-state index contributed by atoms with van der Waals surface area (Å²) in [5.74, 6) is -0.259. The van der Waals surface area contributed by atoms with E-state index in [2.05, 4.69) is 15.4 Å². The fraction of sp³-hybridized carbons (Fsp3) is 0.350. The third-order valence-corrected chi connectivity index (χ3v) is 6.87. The summed E-state index contributed by atoms with van der Waals surface area (Å²) in [6, 6.07) is 8.41. The molecular weight excluding hydrogens is 390 g/mol. The Labute approximate surface area is 170 Å². The van der Waals surface area contributed by atoms with Gasteiger partial charge in [-0.1, -0.05) is 26.0 Å². The molecule has 154 valence electrons. The normalized spacial score (nSPS) is 11.9. The maximum Gasteiger partial charge on any atom is 0.254 e. The van der Waals surface area contributed by atoms with Gasteiger partial charge < -0.3 is 5.32 Å². The molecule has 9 heteroatoms. The van der Waals surface area contributed by atoms with Crippen molar-refractivity contribution in [2.75, 3.05) is 13.1 Å². The van der Waals surface area contributed by atoms with Gasteiger partial charge in [-0.25, -0.2) is 17.9 Å². The summed E-state index contributed by atoms with van der Waals surface area (Å²) in [6.45, 7) is 8.43. The zero-order valence-corrected chi connectivity index (χ0v) is 17.8. The van der Waals surface area contributed by atoms with E-state index in [1.54, 1.807) is 35.0 Å². The Morgan fingerprint density at radius 1 is 1.14 bits per heavy atom. The van der Waals surface area contributed by atoms with Gasteiger partial charge in [-0.3, -0.25) is 4.79 Å². The van der Waals surface area contributed by atoms with Crippen molar-refractivity contribution in [2.45, 2.75) is 39.1 Å². The molecule has 2 heterocycles. The second kappa shape index (κ2) is 8.30. The van der Waals surface area contributed by atoms with E-state index in [4.69, 9.17) is 0 Å². The number of fused-ring (bicyclic) bond motifs is 1. The summed E-state index contributed by atoms with van der Waals surface area (Å²) in [6.07, 6.45) is 1.54. The van der Waals surface area contributed by atoms with Crippen molar-refractivity contribution < 1.29 is 13.2 Å². The molecule has 2 aromatic heterocycles. The number of sulfonamides is 1. The Morgan fingerprint density at radius 2 is 1.79 bits per heavy atom. The standard InChI is InChI=1S/C20H25N5O3S/c1-5-24(6-2)29(27,28)17-9-7-16(8-10-17)12-22-20(26)18-13-21-19-11-14(3)23-25(19)15(18)4/h7-11,13H,5-6,12H2,1-4H3,(H,22,26). The molecule has 8 nitrogen and oxygen atoms in total. The van der Waals surface area contributed by atoms with Crippen LogP contribution in [0.3, 0.4) is 0 Å². The minimum absolute atomic E-state index is 0.246. The van der Waals surface area contributed by atoms with Crippen LogP contribution in [-0.4, -0.2) is 46.3 Å². The van der Waals surface area contributed by atoms with Crippen LogP contribution in [-0.2, 0) is 16.6 Å². The Balaban J connectivity index is 1.72. The largest absolute Gasteiger partial charge is 0.348 e. The van der Waals surface area contributed by atoms with Crippen LogP contribution in [0, 0.1) is 13.8 Å². The monoisotopic (exact) mass is 415 g/mol. The number of benzene rings is 1. The van der Waals surface area contributed by atoms with Crippen molar-refractivity contribution in [1.82, 2.24) is 24.2 Å². The van der Waals surface area contributed by atoms with Crippen molar-refractivity contribution in [3.05, 3.63) is 59.0 Å². The topological polar surface area (TPSA) is 96.7 Å². The molecule has 0 aliphatic heterocycles. The molecule has 1 amide bonds. The zero-order chi connectivity index (χ0) is 21.2. The molecule has 0 radical (unpaired) electrons. The average Bonchev–Trinajstić information content (AvgIpc) is 3.09. The van der Waals surface area contributed by atoms with Crippen LogP contribution < -0.4 is 5.32 Å². The van der Waals surface area contributed by atoms with Crippen LogP contribution in [0.25, 0.3) is 5.65 Å². The van der Waals surface area contributed by atoms with Gasteiger partial charge in [0.05, 0.1) is 21.8 Å². The number of carbonyl (C=O) groups excluding carboxylic acids is 1. The molecule has 1 aromatic carbocycles. The second-order valence-corrected chi connectivity index (χ2v) is 8.67. The zero-order valence-electron chi connectivity index (χ0n) is 17.0. The van der Waals surface area contributed by atoms with Crippen LogP contribution in [0.15, 0.2) is 41.4 Å². The first-order chi connectivity index (χ1) is 13.8. The first-order valence-corrected chi connectivity index (χ1v) is 10.9. The minimum atomic E-state index is -3.49. The summed E-state index contributed by atoms with van der Waals surface area (Å²) in [4.78, 5) is 17.1. The lowest BCUT2D eigenvalue weighted by Gasteiger charge is -2.18. The molecule has 0 atom stereocenters. The minimum Gasteiger partial charge on any atom is -0.348 e. The first kappa shape index (κ1) is 20.9. The van der Waals surface area contributed by atoms with Crippen molar-refractivity contribution in [2.24, 2.45) is 0 Å². The summed E-state index contributed by atoms with van der Waals surface area (Å²) < 4.78 is 28.1. The third kappa shape index (κ3) is 4.15. The summed E-state index contributed by atoms with van der Waals surface area (Å²) in [7, 11) is -3.49. The highest BCUT2D eigenvalue weighted by atomic mass is 32.2. The van der Waals surface area contributed by atoms with Gasteiger partial charge in [0.15, 0.2) is 5.65 Å². The van der Waals surface area contributed by atoms with Crippen molar-refractivity contribution >= 4 is 21.6 Å². The number of aromatic nitrogens is 3. The van der Waals surface area contributed by atoms with Gasteiger partial charge >= 0.3 is 0 Å². The molecule has 0 bridgehead atoms. The van der Waals surface area contributed by atoms with Crippen LogP contribution >= 0.6 is 0 Å². The number of aryl methyl sites for hydroxylation is 2. The Bertz CT molecular complexity index is 1130. The van der Waals surface area contributed by atoms with Crippen LogP contribution in [0.1, 0.15) is 41.2 Å². The SMILES string of the molecule is CCN(CC)S(=O)(=O)c1ccc(CNC(=O)c2cnc3cc(C)nn3c2C)cc1. The lowest BCUT2D eigenvalue weighted by atomic mass is 10.2. The number of hydrogen-bond donors (Lipinski definition) is 1. The van der Waals surface area contributed by atoms with Gasteiger partial charge in [0.1, 0.15) is 0 Å². The number of carbonyl (C=O) groups is 1. The highest BCUT2D eigenvalue weighted by Crippen LogP contribution is 2.16. The Hall–Kier alpha value is -2.78. The van der Waals surface area contributed by atoms with Gasteiger partial charge in [0.2, 0.25) is 10.0 Å². The van der Waals surface area contributed by atoms with Crippen LogP contribution in [0.4, 0.5) is 0 Å². The number of hydrogen-bond acceptors (Lipinski definition) is 5. The quantitative estimate of drug-likeness (QED) is 0.639. The van der Waals surface area contributed by atoms with E-state index in [1.165, 1.54) is 4.31 Å². The molecule has 0 unspecified atom stereocenters. The fourth-order valence-electron chi connectivity index (χ4n) is 3.16. The van der Waals surface area contributed by atoms with Gasteiger partial charge in [-0.15, -0.1) is 0 Å². The fourth-order valence-corrected chi connectivity index (χ4v) is 4.61. The number of rotatable bonds is 7. The predicted molar refractivity (Wildman–Crippen MR) is 110 cm³/mol. The van der Waals surface area contributed by atoms with Gasteiger partial charge in [0.25, 0.3) is 5.91 Å². The van der Waals surface area contributed by atoms with Crippen molar-refractivity contribution in [1.29, 1.82) is 0 Å². The maximum absolute atomic E-state index is 12.6. The molecule has 0 aliphatic rings. The van der Waals surface area contributed by atoms with E-state index in [0.29, 0.717) is 30.0 Å². The van der Waals surface area contributed by atoms with E-state index in [1.807, 2.05) is 33.8 Å². The number of nitrogens with one attached hydrogen (secondary N) is 1. The molecule has 1 N–H and O–H groups in total. The molecule has 0 saturated carbocycles. The second-order valence-electron chi connectivity index (χ2n) is 6.73. The summed E-state index contributed by atoms with van der Waals surface area (Å²) >= 11 is 0. The Morgan fingerprint density at radius 3 is 2.41 bits per heavy atom. The molecule has 0 aliphatic carbocycles. The molecule has 3 aromatic rings. The maximum atomic E-state index is 12.6. The first-order valence-electron chi connectivity index (χ1n) is 9.47. The third-order valence-electron chi connectivity index (χ3n) is 4.81. The number of amides is 1. The van der Waals surface area contributed by atoms with Crippen molar-refractivity contribution in [3.8, 4) is 0 Å². The Kier molecular flexibility index (Phi) is 5.99. The predicted octanol–water partition coefficient (Wildman–Crippen LogP) is 2.31. The van der Waals surface area contributed by atoms with Gasteiger partial charge in [0, 0.05) is 31.9 Å². The highest BCUT2D eigenvalue weighted by molar-refractivity contribution is 7.89. The van der Waals surface area contributed by atoms with E-state index in [9.17, 15) is 13.2 Å². The van der Waals surface area contributed by atoms with Crippen molar-refractivity contribution in [3.63, 3.8) is 0 Å². The van der Waals surface area contributed by atoms with Crippen LogP contribution in [0.5, 0.6) is 0 Å². The molecular formula is C20H25N5O3S. The molecule has 29 heavy (non-hydrogen) atoms. The molecule has 0 fully saturated rings. The molecule has 3 rings (SSSR count). The molecule has 0 saturated heterocycles. The lowest BCUT2D eigenvalue weighted by Crippen LogP contribution is -2.30. The van der Waals surface area contributed by atoms with Crippen LogP contribution in [0.2, 0.25) is 0 Å². The van der Waals surface area contributed by atoms with E-state index in [0.717, 1.165) is 11.3 Å². The van der Waals surface area contributed by atoms with E-state index in [-0.39, 0.29) is 17.3 Å². The van der Waals surface area contributed by atoms with E-state index < -0.39 is 10.0 Å². The lowest BCUT2D eigenvalue weighted by molar-refractivity contribution is 0.0949. The highest BCUT2D eigenvalue weighted by Gasteiger charge is 2.21. The van der Waals surface area contributed by atoms with E-state index >= 15 is 0 Å².